The lowest BCUT2D eigenvalue weighted by Crippen LogP contribution is -1.93. The molecule has 0 fully saturated rings. The predicted molar refractivity (Wildman–Crippen MR) is 49.5 cm³/mol. The van der Waals surface area contributed by atoms with Gasteiger partial charge in [0, 0.05) is 5.69 Å². The fourth-order valence-electron chi connectivity index (χ4n) is 0.920. The second-order valence-corrected chi connectivity index (χ2v) is 2.65. The number of aliphatic hydroxyl groups is 1. The monoisotopic (exact) mass is 179 g/mol. The van der Waals surface area contributed by atoms with Gasteiger partial charge in [0.15, 0.2) is 0 Å². The Kier molecular flexibility index (Phi) is 2.88. The van der Waals surface area contributed by atoms with Crippen LogP contribution in [0, 0.1) is 24.6 Å². The van der Waals surface area contributed by atoms with Gasteiger partial charge in [-0.1, -0.05) is 11.8 Å². The smallest absolute Gasteiger partial charge is 0.139 e. The average Bonchev–Trinajstić information content (AvgIpc) is 2.09. The number of hydrogen-bond acceptors (Lipinski definition) is 2. The van der Waals surface area contributed by atoms with Crippen LogP contribution in [0.2, 0.25) is 0 Å². The average molecular weight is 179 g/mol. The van der Waals surface area contributed by atoms with Crippen LogP contribution in [-0.2, 0) is 0 Å². The van der Waals surface area contributed by atoms with Crippen LogP contribution < -0.4 is 5.73 Å². The zero-order valence-corrected chi connectivity index (χ0v) is 7.26. The van der Waals surface area contributed by atoms with E-state index in [1.165, 1.54) is 12.1 Å². The van der Waals surface area contributed by atoms with Crippen LogP contribution >= 0.6 is 0 Å². The molecule has 0 bridgehead atoms. The molecule has 0 aliphatic carbocycles. The third kappa shape index (κ3) is 2.20. The summed E-state index contributed by atoms with van der Waals surface area (Å²) in [6.45, 7) is 1.44. The molecule has 1 rings (SSSR count). The zero-order chi connectivity index (χ0) is 9.84. The highest BCUT2D eigenvalue weighted by Crippen LogP contribution is 2.15. The van der Waals surface area contributed by atoms with Crippen LogP contribution in [0.25, 0.3) is 0 Å². The van der Waals surface area contributed by atoms with Crippen LogP contribution in [-0.4, -0.2) is 11.7 Å². The summed E-state index contributed by atoms with van der Waals surface area (Å²) >= 11 is 0. The summed E-state index contributed by atoms with van der Waals surface area (Å²) < 4.78 is 13.1. The molecule has 0 unspecified atom stereocenters. The molecule has 0 saturated heterocycles. The molecule has 0 heterocycles. The van der Waals surface area contributed by atoms with Gasteiger partial charge in [0.1, 0.15) is 12.4 Å². The van der Waals surface area contributed by atoms with Crippen molar-refractivity contribution in [1.29, 1.82) is 0 Å². The van der Waals surface area contributed by atoms with E-state index in [-0.39, 0.29) is 12.2 Å². The SMILES string of the molecule is Cc1cc(F)c(C#CCO)cc1N. The minimum Gasteiger partial charge on any atom is -0.398 e. The van der Waals surface area contributed by atoms with Crippen molar-refractivity contribution < 1.29 is 9.50 Å². The zero-order valence-electron chi connectivity index (χ0n) is 7.26. The Labute approximate surface area is 76.2 Å². The number of benzene rings is 1. The van der Waals surface area contributed by atoms with E-state index in [1.807, 2.05) is 0 Å². The lowest BCUT2D eigenvalue weighted by Gasteiger charge is -2.01. The number of halogens is 1. The molecule has 3 heteroatoms. The maximum Gasteiger partial charge on any atom is 0.139 e. The fraction of sp³-hybridized carbons (Fsp3) is 0.200. The summed E-state index contributed by atoms with van der Waals surface area (Å²) in [4.78, 5) is 0. The Morgan fingerprint density at radius 3 is 2.85 bits per heavy atom. The Hall–Kier alpha value is -1.53. The molecule has 13 heavy (non-hydrogen) atoms. The van der Waals surface area contributed by atoms with Crippen LogP contribution in [0.3, 0.4) is 0 Å². The lowest BCUT2D eigenvalue weighted by molar-refractivity contribution is 0.350. The normalized spacial score (nSPS) is 9.15. The van der Waals surface area contributed by atoms with Crippen molar-refractivity contribution in [2.24, 2.45) is 0 Å². The number of nitrogen functional groups attached to an aromatic ring is 1. The van der Waals surface area contributed by atoms with E-state index in [4.69, 9.17) is 10.8 Å². The van der Waals surface area contributed by atoms with Crippen molar-refractivity contribution in [2.45, 2.75) is 6.92 Å². The molecule has 0 atom stereocenters. The molecule has 1 aromatic rings. The van der Waals surface area contributed by atoms with Gasteiger partial charge in [0.05, 0.1) is 5.56 Å². The third-order valence-corrected chi connectivity index (χ3v) is 1.66. The van der Waals surface area contributed by atoms with Crippen LogP contribution in [0.4, 0.5) is 10.1 Å². The lowest BCUT2D eigenvalue weighted by atomic mass is 10.1. The Morgan fingerprint density at radius 2 is 2.23 bits per heavy atom. The van der Waals surface area contributed by atoms with Gasteiger partial charge >= 0.3 is 0 Å². The molecule has 0 radical (unpaired) electrons. The maximum absolute atomic E-state index is 13.1. The molecule has 1 aromatic carbocycles. The molecular weight excluding hydrogens is 169 g/mol. The van der Waals surface area contributed by atoms with E-state index in [0.717, 1.165) is 0 Å². The number of hydrogen-bond donors (Lipinski definition) is 2. The van der Waals surface area contributed by atoms with E-state index in [1.54, 1.807) is 6.92 Å². The van der Waals surface area contributed by atoms with E-state index in [0.29, 0.717) is 11.3 Å². The Morgan fingerprint density at radius 1 is 1.54 bits per heavy atom. The second-order valence-electron chi connectivity index (χ2n) is 2.65. The van der Waals surface area contributed by atoms with Crippen molar-refractivity contribution >= 4 is 5.69 Å². The van der Waals surface area contributed by atoms with Gasteiger partial charge in [-0.05, 0) is 24.6 Å². The molecule has 3 N–H and O–H groups in total. The number of aliphatic hydroxyl groups excluding tert-OH is 1. The highest BCUT2D eigenvalue weighted by molar-refractivity contribution is 5.53. The summed E-state index contributed by atoms with van der Waals surface area (Å²) in [6, 6.07) is 2.80. The number of aryl methyl sites for hydroxylation is 1. The van der Waals surface area contributed by atoms with Crippen molar-refractivity contribution in [3.8, 4) is 11.8 Å². The van der Waals surface area contributed by atoms with E-state index in [9.17, 15) is 4.39 Å². The van der Waals surface area contributed by atoms with Gasteiger partial charge in [-0.3, -0.25) is 0 Å². The van der Waals surface area contributed by atoms with Crippen LogP contribution in [0.15, 0.2) is 12.1 Å². The molecule has 0 aliphatic heterocycles. The first-order valence-electron chi connectivity index (χ1n) is 3.80. The van der Waals surface area contributed by atoms with Crippen molar-refractivity contribution in [1.82, 2.24) is 0 Å². The van der Waals surface area contributed by atoms with Gasteiger partial charge in [-0.25, -0.2) is 4.39 Å². The molecule has 68 valence electrons. The summed E-state index contributed by atoms with van der Waals surface area (Å²) in [5, 5.41) is 8.42. The van der Waals surface area contributed by atoms with Crippen molar-refractivity contribution in [3.63, 3.8) is 0 Å². The Balaban J connectivity index is 3.16. The molecular formula is C10H10FNO. The topological polar surface area (TPSA) is 46.2 Å². The van der Waals surface area contributed by atoms with Gasteiger partial charge in [0.2, 0.25) is 0 Å². The second kappa shape index (κ2) is 3.92. The van der Waals surface area contributed by atoms with Gasteiger partial charge in [-0.2, -0.15) is 0 Å². The fourth-order valence-corrected chi connectivity index (χ4v) is 0.920. The highest BCUT2D eigenvalue weighted by Gasteiger charge is 2.02. The first kappa shape index (κ1) is 9.56. The number of anilines is 1. The summed E-state index contributed by atoms with van der Waals surface area (Å²) in [7, 11) is 0. The van der Waals surface area contributed by atoms with Gasteiger partial charge in [0.25, 0.3) is 0 Å². The van der Waals surface area contributed by atoms with E-state index < -0.39 is 5.82 Å². The van der Waals surface area contributed by atoms with E-state index in [2.05, 4.69) is 11.8 Å². The van der Waals surface area contributed by atoms with Crippen LogP contribution in [0.5, 0.6) is 0 Å². The minimum atomic E-state index is -0.410. The quantitative estimate of drug-likeness (QED) is 0.462. The van der Waals surface area contributed by atoms with Crippen LogP contribution in [0.1, 0.15) is 11.1 Å². The van der Waals surface area contributed by atoms with E-state index >= 15 is 0 Å². The van der Waals surface area contributed by atoms with Crippen molar-refractivity contribution in [3.05, 3.63) is 29.1 Å². The molecule has 0 amide bonds. The molecule has 0 spiro atoms. The summed E-state index contributed by atoms with van der Waals surface area (Å²) in [5.41, 5.74) is 6.97. The van der Waals surface area contributed by atoms with Crippen molar-refractivity contribution in [2.75, 3.05) is 12.3 Å². The molecule has 0 aliphatic rings. The Bertz CT molecular complexity index is 376. The standard InChI is InChI=1S/C10H10FNO/c1-7-5-9(11)8(3-2-4-13)6-10(7)12/h5-6,13H,4,12H2,1H3. The first-order chi connectivity index (χ1) is 6.15. The highest BCUT2D eigenvalue weighted by atomic mass is 19.1. The molecule has 0 aromatic heterocycles. The summed E-state index contributed by atoms with van der Waals surface area (Å²) in [5.74, 6) is 4.43. The van der Waals surface area contributed by atoms with Gasteiger partial charge < -0.3 is 10.8 Å². The van der Waals surface area contributed by atoms with Gasteiger partial charge in [-0.15, -0.1) is 0 Å². The number of rotatable bonds is 0. The largest absolute Gasteiger partial charge is 0.398 e. The predicted octanol–water partition coefficient (Wildman–Crippen LogP) is 1.06. The maximum atomic E-state index is 13.1. The molecule has 0 saturated carbocycles. The first-order valence-corrected chi connectivity index (χ1v) is 3.80. The number of nitrogens with two attached hydrogens (primary N) is 1. The third-order valence-electron chi connectivity index (χ3n) is 1.66. The molecule has 2 nitrogen and oxygen atoms in total. The minimum absolute atomic E-state index is 0.220. The summed E-state index contributed by atoms with van der Waals surface area (Å²) in [6.07, 6.45) is 0.